The molecule has 14 nitrogen and oxygen atoms in total. The summed E-state index contributed by atoms with van der Waals surface area (Å²) in [6, 6.07) is 0. The van der Waals surface area contributed by atoms with Gasteiger partial charge in [-0.2, -0.15) is 17.6 Å². The lowest BCUT2D eigenvalue weighted by Gasteiger charge is -2.18. The average molecular weight is 667 g/mol. The van der Waals surface area contributed by atoms with E-state index in [2.05, 4.69) is 14.2 Å². The fraction of sp³-hybridized carbons (Fsp3) is 0.818. The van der Waals surface area contributed by atoms with Crippen molar-refractivity contribution in [3.05, 3.63) is 0 Å². The lowest BCUT2D eigenvalue weighted by Crippen LogP contribution is -2.39. The minimum atomic E-state index is -6.14. The molecule has 2 unspecified atom stereocenters. The highest BCUT2D eigenvalue weighted by molar-refractivity contribution is 7.87. The van der Waals surface area contributed by atoms with Gasteiger partial charge < -0.3 is 28.1 Å². The Morgan fingerprint density at radius 3 is 1.19 bits per heavy atom. The van der Waals surface area contributed by atoms with Gasteiger partial charge in [0.15, 0.2) is 20.2 Å². The number of carbonyl (C=O) groups is 4. The fourth-order valence-corrected chi connectivity index (χ4v) is 2.33. The molecule has 0 aromatic carbocycles. The number of hydrogen-bond donors (Lipinski definition) is 0. The molecule has 252 valence electrons. The maximum atomic E-state index is 12.7. The minimum Gasteiger partial charge on any atom is -0.743 e. The van der Waals surface area contributed by atoms with Crippen molar-refractivity contribution in [2.75, 3.05) is 26.4 Å². The van der Waals surface area contributed by atoms with Gasteiger partial charge in [0.1, 0.15) is 13.2 Å². The molecule has 0 N–H and O–H groups in total. The first-order valence-electron chi connectivity index (χ1n) is 11.4. The smallest absolute Gasteiger partial charge is 0.428 e. The number of hydrogen-bond acceptors (Lipinski definition) is 14. The van der Waals surface area contributed by atoms with Crippen molar-refractivity contribution in [2.45, 2.75) is 78.7 Å². The normalized spacial score (nSPS) is 13.0. The third-order valence-electron chi connectivity index (χ3n) is 4.71. The zero-order valence-corrected chi connectivity index (χ0v) is 23.5. The number of esters is 4. The highest BCUT2D eigenvalue weighted by atomic mass is 32.2. The number of halogens is 4. The number of unbranched alkanes of at least 4 members (excludes halogenated alkanes) is 1. The quantitative estimate of drug-likeness (QED) is 0.0760. The number of ether oxygens (including phenoxy) is 4. The molecule has 0 saturated carbocycles. The Bertz CT molecular complexity index is 1060. The predicted molar refractivity (Wildman–Crippen MR) is 135 cm³/mol. The summed E-state index contributed by atoms with van der Waals surface area (Å²) in [7, 11) is -12.2. The van der Waals surface area contributed by atoms with Gasteiger partial charge in [-0.25, -0.2) is 26.4 Å². The van der Waals surface area contributed by atoms with E-state index in [0.717, 1.165) is 0 Å². The number of alkyl halides is 4. The number of rotatable bonds is 16. The maximum absolute atomic E-state index is 12.7. The maximum Gasteiger partial charge on any atom is 0.428 e. The largest absolute Gasteiger partial charge is 0.743 e. The van der Waals surface area contributed by atoms with Gasteiger partial charge >= 0.3 is 34.4 Å². The summed E-state index contributed by atoms with van der Waals surface area (Å²) in [6.45, 7) is 5.04. The molecular formula is C22H38F4O14S2-2. The van der Waals surface area contributed by atoms with Crippen molar-refractivity contribution in [2.24, 2.45) is 11.8 Å². The van der Waals surface area contributed by atoms with Gasteiger partial charge in [0, 0.05) is 0 Å². The predicted octanol–water partition coefficient (Wildman–Crippen LogP) is 2.57. The van der Waals surface area contributed by atoms with Crippen LogP contribution in [0.4, 0.5) is 17.6 Å². The van der Waals surface area contributed by atoms with E-state index < -0.39 is 80.4 Å². The monoisotopic (exact) mass is 666 g/mol. The van der Waals surface area contributed by atoms with Crippen molar-refractivity contribution >= 4 is 44.1 Å². The molecule has 42 heavy (non-hydrogen) atoms. The van der Waals surface area contributed by atoms with E-state index in [1.54, 1.807) is 20.8 Å². The lowest BCUT2D eigenvalue weighted by molar-refractivity contribution is -0.166. The van der Waals surface area contributed by atoms with Gasteiger partial charge in [0.05, 0.1) is 25.0 Å². The highest BCUT2D eigenvalue weighted by Gasteiger charge is 2.49. The molecule has 0 aromatic rings. The van der Waals surface area contributed by atoms with Crippen LogP contribution in [0, 0.1) is 11.8 Å². The molecule has 0 aliphatic rings. The van der Waals surface area contributed by atoms with Crippen molar-refractivity contribution in [3.8, 4) is 0 Å². The summed E-state index contributed by atoms with van der Waals surface area (Å²) in [5.74, 6) is -6.56. The highest BCUT2D eigenvalue weighted by Crippen LogP contribution is 2.23. The second-order valence-corrected chi connectivity index (χ2v) is 10.7. The molecule has 0 bridgehead atoms. The van der Waals surface area contributed by atoms with E-state index in [-0.39, 0.29) is 40.2 Å². The van der Waals surface area contributed by atoms with Crippen LogP contribution in [0.1, 0.15) is 68.2 Å². The van der Waals surface area contributed by atoms with E-state index in [9.17, 15) is 62.7 Å². The molecule has 0 rings (SSSR count). The molecule has 0 fully saturated rings. The Balaban J connectivity index is -0.000000330. The molecule has 0 amide bonds. The first kappa shape index (κ1) is 46.4. The Hall–Kier alpha value is -2.58. The lowest BCUT2D eigenvalue weighted by atomic mass is 10.1. The second-order valence-electron chi connectivity index (χ2n) is 7.87. The Morgan fingerprint density at radius 2 is 0.881 bits per heavy atom. The van der Waals surface area contributed by atoms with Gasteiger partial charge in [-0.15, -0.1) is 0 Å². The zero-order valence-electron chi connectivity index (χ0n) is 21.9. The standard InChI is InChI=1S/C11H18F2O7S.C9H14F2O7S.2CH4/c1-3-8(2)9(14)19-6-4-5-7-20-10(15)11(12,13)21(16,17)18;1-3-6(2)7(12)17-4-5-18-8(13)9(10,11)19(14,15)16;;/h8H,3-7H2,1-2H3,(H,16,17,18);6H,3-5H2,1-2H3,(H,14,15,16);2*1H4/p-2. The molecule has 0 aliphatic carbocycles. The van der Waals surface area contributed by atoms with Crippen molar-refractivity contribution in [1.29, 1.82) is 0 Å². The molecule has 0 spiro atoms. The van der Waals surface area contributed by atoms with E-state index in [1.807, 2.05) is 6.92 Å². The van der Waals surface area contributed by atoms with Crippen LogP contribution in [-0.4, -0.2) is 86.8 Å². The minimum absolute atomic E-state index is 0. The van der Waals surface area contributed by atoms with Crippen LogP contribution in [0.2, 0.25) is 0 Å². The summed E-state index contributed by atoms with van der Waals surface area (Å²) in [5, 5.41) is -10.3. The van der Waals surface area contributed by atoms with Crippen molar-refractivity contribution in [3.63, 3.8) is 0 Å². The first-order valence-corrected chi connectivity index (χ1v) is 14.2. The topological polar surface area (TPSA) is 220 Å². The third kappa shape index (κ3) is 16.2. The molecule has 20 heteroatoms. The average Bonchev–Trinajstić information content (AvgIpc) is 2.85. The molecular weight excluding hydrogens is 628 g/mol. The van der Waals surface area contributed by atoms with Crippen LogP contribution in [-0.2, 0) is 58.4 Å². The van der Waals surface area contributed by atoms with E-state index >= 15 is 0 Å². The summed E-state index contributed by atoms with van der Waals surface area (Å²) >= 11 is 0. The van der Waals surface area contributed by atoms with Gasteiger partial charge in [-0.3, -0.25) is 9.59 Å². The van der Waals surface area contributed by atoms with Gasteiger partial charge in [0.2, 0.25) is 0 Å². The summed E-state index contributed by atoms with van der Waals surface area (Å²) in [4.78, 5) is 43.8. The SMILES string of the molecule is C.C.CCC(C)C(=O)OCCCCOC(=O)C(F)(F)S(=O)(=O)[O-].CCC(C)C(=O)OCCOC(=O)C(F)(F)S(=O)(=O)[O-]. The molecule has 0 heterocycles. The van der Waals surface area contributed by atoms with Crippen LogP contribution in [0.3, 0.4) is 0 Å². The zero-order chi connectivity index (χ0) is 31.9. The summed E-state index contributed by atoms with van der Waals surface area (Å²) in [6.07, 6.45) is 1.44. The van der Waals surface area contributed by atoms with Gasteiger partial charge in [-0.05, 0) is 25.7 Å². The van der Waals surface area contributed by atoms with Crippen LogP contribution in [0.25, 0.3) is 0 Å². The summed E-state index contributed by atoms with van der Waals surface area (Å²) < 4.78 is 128. The fourth-order valence-electron chi connectivity index (χ4n) is 1.81. The molecule has 0 saturated heterocycles. The van der Waals surface area contributed by atoms with E-state index in [4.69, 9.17) is 4.74 Å². The van der Waals surface area contributed by atoms with E-state index in [1.165, 1.54) is 0 Å². The van der Waals surface area contributed by atoms with E-state index in [0.29, 0.717) is 12.8 Å². The van der Waals surface area contributed by atoms with Crippen molar-refractivity contribution < 1.29 is 81.6 Å². The molecule has 0 radical (unpaired) electrons. The van der Waals surface area contributed by atoms with Gasteiger partial charge in [0.25, 0.3) is 0 Å². The molecule has 0 aromatic heterocycles. The third-order valence-corrected chi connectivity index (χ3v) is 6.30. The van der Waals surface area contributed by atoms with Crippen LogP contribution in [0.5, 0.6) is 0 Å². The Kier molecular flexibility index (Phi) is 22.5. The van der Waals surface area contributed by atoms with Gasteiger partial charge in [-0.1, -0.05) is 42.5 Å². The van der Waals surface area contributed by atoms with Crippen LogP contribution in [0.15, 0.2) is 0 Å². The molecule has 0 aliphatic heterocycles. The Labute approximate surface area is 242 Å². The van der Waals surface area contributed by atoms with Crippen molar-refractivity contribution in [1.82, 2.24) is 0 Å². The molecule has 2 atom stereocenters. The second kappa shape index (κ2) is 20.3. The Morgan fingerprint density at radius 1 is 0.619 bits per heavy atom. The summed E-state index contributed by atoms with van der Waals surface area (Å²) in [5.41, 5.74) is 0. The number of carbonyl (C=O) groups excluding carboxylic acids is 4. The van der Waals surface area contributed by atoms with Crippen LogP contribution >= 0.6 is 0 Å². The first-order chi connectivity index (χ1) is 18.1. The van der Waals surface area contributed by atoms with Crippen LogP contribution < -0.4 is 0 Å².